The maximum atomic E-state index is 12.0. The van der Waals surface area contributed by atoms with Gasteiger partial charge in [0.15, 0.2) is 0 Å². The summed E-state index contributed by atoms with van der Waals surface area (Å²) < 4.78 is 88.2. The zero-order valence-corrected chi connectivity index (χ0v) is 13.6. The molecule has 22 heavy (non-hydrogen) atoms. The van der Waals surface area contributed by atoms with Crippen molar-refractivity contribution in [3.05, 3.63) is 0 Å². The summed E-state index contributed by atoms with van der Waals surface area (Å²) in [6.45, 7) is 3.45. The Morgan fingerprint density at radius 3 is 2.00 bits per heavy atom. The van der Waals surface area contributed by atoms with Crippen LogP contribution in [0.3, 0.4) is 0 Å². The van der Waals surface area contributed by atoms with Crippen LogP contribution in [-0.4, -0.2) is 41.5 Å². The van der Waals surface area contributed by atoms with E-state index in [9.17, 15) is 34.8 Å². The van der Waals surface area contributed by atoms with Crippen molar-refractivity contribution in [3.63, 3.8) is 0 Å². The molecule has 0 heterocycles. The number of ether oxygens (including phenoxy) is 1. The highest BCUT2D eigenvalue weighted by Gasteiger charge is 2.48. The minimum atomic E-state index is -6.11. The number of rotatable bonds is 8. The van der Waals surface area contributed by atoms with Crippen LogP contribution in [0.4, 0.5) is 13.2 Å². The van der Waals surface area contributed by atoms with Gasteiger partial charge in [-0.15, -0.1) is 0 Å². The molecule has 8 nitrogen and oxygen atoms in total. The number of halogens is 3. The van der Waals surface area contributed by atoms with Crippen LogP contribution < -0.4 is 4.13 Å². The minimum Gasteiger partial charge on any atom is -0.463 e. The van der Waals surface area contributed by atoms with Gasteiger partial charge in [-0.3, -0.25) is 8.98 Å². The number of carbonyl (C=O) groups is 1. The van der Waals surface area contributed by atoms with Gasteiger partial charge in [0.1, 0.15) is 13.2 Å². The molecule has 0 spiro atoms. The van der Waals surface area contributed by atoms with E-state index in [-0.39, 0.29) is 0 Å². The molecule has 0 radical (unpaired) electrons. The van der Waals surface area contributed by atoms with Gasteiger partial charge in [-0.2, -0.15) is 21.6 Å². The number of hydrogen-bond acceptors (Lipinski definition) is 7. The standard InChI is InChI=1S/C9H16F3NO7S2/c1-4-8(2,3)7(14)19-5-6-20-22(17,18)13-21(15,16)9(10,11)12/h13H,4-6H2,1-3H3. The van der Waals surface area contributed by atoms with E-state index in [1.165, 1.54) is 0 Å². The van der Waals surface area contributed by atoms with Crippen LogP contribution in [0.1, 0.15) is 27.2 Å². The van der Waals surface area contributed by atoms with E-state index in [2.05, 4.69) is 8.92 Å². The van der Waals surface area contributed by atoms with Crippen molar-refractivity contribution in [1.29, 1.82) is 0 Å². The third kappa shape index (κ3) is 6.46. The molecule has 0 atom stereocenters. The van der Waals surface area contributed by atoms with Gasteiger partial charge in [-0.25, -0.2) is 8.42 Å². The first kappa shape index (κ1) is 21.1. The van der Waals surface area contributed by atoms with E-state index in [1.54, 1.807) is 20.8 Å². The third-order valence-electron chi connectivity index (χ3n) is 2.51. The molecule has 13 heteroatoms. The summed E-state index contributed by atoms with van der Waals surface area (Å²) in [7, 11) is -11.3. The van der Waals surface area contributed by atoms with E-state index in [0.717, 1.165) is 0 Å². The van der Waals surface area contributed by atoms with Crippen molar-refractivity contribution in [3.8, 4) is 0 Å². The summed E-state index contributed by atoms with van der Waals surface area (Å²) >= 11 is 0. The second kappa shape index (κ2) is 7.10. The zero-order chi connectivity index (χ0) is 17.8. The molecule has 0 aliphatic carbocycles. The summed E-state index contributed by atoms with van der Waals surface area (Å²) in [5.74, 6) is -0.660. The fraction of sp³-hybridized carbons (Fsp3) is 0.889. The number of sulfonamides is 1. The van der Waals surface area contributed by atoms with Crippen LogP contribution in [-0.2, 0) is 34.0 Å². The minimum absolute atomic E-state index is 0.359. The van der Waals surface area contributed by atoms with Gasteiger partial charge in [0.05, 0.1) is 5.41 Å². The highest BCUT2D eigenvalue weighted by atomic mass is 32.3. The average Bonchev–Trinajstić information content (AvgIpc) is 2.31. The lowest BCUT2D eigenvalue weighted by molar-refractivity contribution is -0.154. The average molecular weight is 371 g/mol. The second-order valence-electron chi connectivity index (χ2n) is 4.68. The van der Waals surface area contributed by atoms with Gasteiger partial charge >= 0.3 is 31.8 Å². The molecule has 0 saturated heterocycles. The van der Waals surface area contributed by atoms with Crippen molar-refractivity contribution in [2.45, 2.75) is 32.7 Å². The first-order valence-corrected chi connectivity index (χ1v) is 8.70. The summed E-state index contributed by atoms with van der Waals surface area (Å²) in [6, 6.07) is 0. The lowest BCUT2D eigenvalue weighted by Gasteiger charge is -2.20. The van der Waals surface area contributed by atoms with E-state index in [4.69, 9.17) is 0 Å². The van der Waals surface area contributed by atoms with Crippen LogP contribution in [0.25, 0.3) is 0 Å². The quantitative estimate of drug-likeness (QED) is 0.492. The van der Waals surface area contributed by atoms with Gasteiger partial charge in [-0.05, 0) is 20.3 Å². The maximum absolute atomic E-state index is 12.0. The molecule has 0 bridgehead atoms. The lowest BCUT2D eigenvalue weighted by Crippen LogP contribution is -2.41. The summed E-state index contributed by atoms with van der Waals surface area (Å²) in [5.41, 5.74) is -6.63. The van der Waals surface area contributed by atoms with Crippen molar-refractivity contribution in [2.75, 3.05) is 13.2 Å². The molecular weight excluding hydrogens is 355 g/mol. The number of hydrogen-bond donors (Lipinski definition) is 1. The van der Waals surface area contributed by atoms with Crippen molar-refractivity contribution in [1.82, 2.24) is 4.13 Å². The summed E-state index contributed by atoms with van der Waals surface area (Å²) in [4.78, 5) is 11.5. The molecule has 0 aromatic rings. The fourth-order valence-electron chi connectivity index (χ4n) is 0.823. The SMILES string of the molecule is CCC(C)(C)C(=O)OCCOS(=O)(=O)NS(=O)(=O)C(F)(F)F. The van der Waals surface area contributed by atoms with E-state index >= 15 is 0 Å². The van der Waals surface area contributed by atoms with Gasteiger partial charge < -0.3 is 4.74 Å². The Kier molecular flexibility index (Phi) is 6.81. The van der Waals surface area contributed by atoms with Crippen LogP contribution in [0.5, 0.6) is 0 Å². The molecule has 0 aliphatic heterocycles. The van der Waals surface area contributed by atoms with Gasteiger partial charge in [0, 0.05) is 0 Å². The Morgan fingerprint density at radius 1 is 1.09 bits per heavy atom. The van der Waals surface area contributed by atoms with Crippen molar-refractivity contribution >= 4 is 26.3 Å². The van der Waals surface area contributed by atoms with E-state index in [1.807, 2.05) is 0 Å². The highest BCUT2D eigenvalue weighted by Crippen LogP contribution is 2.22. The topological polar surface area (TPSA) is 116 Å². The first-order valence-electron chi connectivity index (χ1n) is 5.81. The zero-order valence-electron chi connectivity index (χ0n) is 11.9. The molecular formula is C9H16F3NO7S2. The van der Waals surface area contributed by atoms with Crippen molar-refractivity contribution < 1.29 is 43.7 Å². The van der Waals surface area contributed by atoms with E-state index < -0.39 is 50.4 Å². The third-order valence-corrected chi connectivity index (χ3v) is 5.29. The number of nitrogens with one attached hydrogen (secondary N) is 1. The fourth-order valence-corrected chi connectivity index (χ4v) is 2.76. The predicted molar refractivity (Wildman–Crippen MR) is 68.0 cm³/mol. The van der Waals surface area contributed by atoms with Gasteiger partial charge in [-0.1, -0.05) is 11.1 Å². The molecule has 0 aliphatic rings. The molecule has 0 aromatic heterocycles. The molecule has 0 rings (SSSR count). The molecule has 132 valence electrons. The molecule has 1 N–H and O–H groups in total. The second-order valence-corrected chi connectivity index (χ2v) is 7.96. The Balaban J connectivity index is 4.47. The first-order chi connectivity index (χ1) is 9.65. The highest BCUT2D eigenvalue weighted by molar-refractivity contribution is 8.03. The number of alkyl halides is 3. The van der Waals surface area contributed by atoms with Gasteiger partial charge in [0.25, 0.3) is 0 Å². The molecule has 0 amide bonds. The summed E-state index contributed by atoms with van der Waals surface area (Å²) in [6.07, 6.45) is 0.441. The Morgan fingerprint density at radius 2 is 1.59 bits per heavy atom. The van der Waals surface area contributed by atoms with Crippen LogP contribution in [0, 0.1) is 5.41 Å². The maximum Gasteiger partial charge on any atom is 0.512 e. The molecule has 0 fully saturated rings. The van der Waals surface area contributed by atoms with Crippen molar-refractivity contribution in [2.24, 2.45) is 5.41 Å². The summed E-state index contributed by atoms with van der Waals surface area (Å²) in [5, 5.41) is 0. The van der Waals surface area contributed by atoms with E-state index in [0.29, 0.717) is 10.5 Å². The Labute approximate surface area is 126 Å². The Hall–Kier alpha value is -0.920. The van der Waals surface area contributed by atoms with Crippen LogP contribution in [0.15, 0.2) is 0 Å². The molecule has 0 aromatic carbocycles. The normalized spacial score (nSPS) is 13.9. The molecule has 0 unspecified atom stereocenters. The largest absolute Gasteiger partial charge is 0.512 e. The van der Waals surface area contributed by atoms with Gasteiger partial charge in [0.2, 0.25) is 0 Å². The number of carbonyl (C=O) groups excluding carboxylic acids is 1. The smallest absolute Gasteiger partial charge is 0.463 e. The van der Waals surface area contributed by atoms with Crippen LogP contribution >= 0.6 is 0 Å². The van der Waals surface area contributed by atoms with Crippen LogP contribution in [0.2, 0.25) is 0 Å². The number of esters is 1. The monoisotopic (exact) mass is 371 g/mol. The predicted octanol–water partition coefficient (Wildman–Crippen LogP) is 0.666. The lowest BCUT2D eigenvalue weighted by atomic mass is 9.91. The molecule has 0 saturated carbocycles. The Bertz CT molecular complexity index is 595.